The van der Waals surface area contributed by atoms with Crippen LogP contribution < -0.4 is 10.1 Å². The van der Waals surface area contributed by atoms with Crippen molar-refractivity contribution in [3.05, 3.63) is 76.3 Å². The summed E-state index contributed by atoms with van der Waals surface area (Å²) < 4.78 is 5.21. The molecule has 1 saturated heterocycles. The minimum Gasteiger partial charge on any atom is -0.495 e. The average molecular weight is 433 g/mol. The SMILES string of the molecule is COc1ccc([N+](=O)[O-])cc1NC(=O)C1CCN(C(=O)c2cccc3ccccc23)CC1. The molecule has 164 valence electrons. The number of methoxy groups -OCH3 is 1. The van der Waals surface area contributed by atoms with Crippen LogP contribution in [-0.2, 0) is 4.79 Å². The van der Waals surface area contributed by atoms with Crippen LogP contribution in [0.1, 0.15) is 23.2 Å². The van der Waals surface area contributed by atoms with Gasteiger partial charge in [-0.15, -0.1) is 0 Å². The van der Waals surface area contributed by atoms with Gasteiger partial charge in [-0.2, -0.15) is 0 Å². The van der Waals surface area contributed by atoms with Crippen LogP contribution in [0, 0.1) is 16.0 Å². The third-order valence-corrected chi connectivity index (χ3v) is 5.82. The summed E-state index contributed by atoms with van der Waals surface area (Å²) in [6.45, 7) is 0.929. The number of fused-ring (bicyclic) bond motifs is 1. The minimum absolute atomic E-state index is 0.0407. The molecule has 1 N–H and O–H groups in total. The van der Waals surface area contributed by atoms with Gasteiger partial charge in [-0.1, -0.05) is 36.4 Å². The highest BCUT2D eigenvalue weighted by Gasteiger charge is 2.29. The lowest BCUT2D eigenvalue weighted by molar-refractivity contribution is -0.384. The van der Waals surface area contributed by atoms with E-state index in [0.29, 0.717) is 37.2 Å². The molecule has 0 aromatic heterocycles. The Balaban J connectivity index is 1.42. The molecule has 8 heteroatoms. The predicted octanol–water partition coefficient (Wildman–Crippen LogP) is 4.25. The smallest absolute Gasteiger partial charge is 0.271 e. The van der Waals surface area contributed by atoms with Gasteiger partial charge in [0, 0.05) is 36.7 Å². The van der Waals surface area contributed by atoms with Crippen LogP contribution in [0.5, 0.6) is 5.75 Å². The zero-order valence-corrected chi connectivity index (χ0v) is 17.6. The third kappa shape index (κ3) is 4.25. The van der Waals surface area contributed by atoms with Crippen LogP contribution in [0.4, 0.5) is 11.4 Å². The second-order valence-corrected chi connectivity index (χ2v) is 7.72. The number of carbonyl (C=O) groups excluding carboxylic acids is 2. The van der Waals surface area contributed by atoms with Gasteiger partial charge in [0.1, 0.15) is 5.75 Å². The van der Waals surface area contributed by atoms with Gasteiger partial charge in [-0.05, 0) is 35.7 Å². The van der Waals surface area contributed by atoms with E-state index >= 15 is 0 Å². The van der Waals surface area contributed by atoms with Gasteiger partial charge in [-0.25, -0.2) is 0 Å². The molecule has 3 aromatic carbocycles. The van der Waals surface area contributed by atoms with Gasteiger partial charge < -0.3 is 15.0 Å². The molecular formula is C24H23N3O5. The number of amides is 2. The average Bonchev–Trinajstić information content (AvgIpc) is 2.83. The lowest BCUT2D eigenvalue weighted by atomic mass is 9.94. The first kappa shape index (κ1) is 21.3. The largest absolute Gasteiger partial charge is 0.495 e. The second kappa shape index (κ2) is 9.05. The number of hydrogen-bond donors (Lipinski definition) is 1. The second-order valence-electron chi connectivity index (χ2n) is 7.72. The van der Waals surface area contributed by atoms with E-state index in [2.05, 4.69) is 5.32 Å². The fourth-order valence-corrected chi connectivity index (χ4v) is 4.07. The highest BCUT2D eigenvalue weighted by Crippen LogP contribution is 2.30. The van der Waals surface area contributed by atoms with Crippen LogP contribution in [0.25, 0.3) is 10.8 Å². The summed E-state index contributed by atoms with van der Waals surface area (Å²) in [5.41, 5.74) is 0.796. The molecule has 0 radical (unpaired) electrons. The summed E-state index contributed by atoms with van der Waals surface area (Å²) in [7, 11) is 1.44. The first-order valence-electron chi connectivity index (χ1n) is 10.4. The maximum Gasteiger partial charge on any atom is 0.271 e. The normalized spacial score (nSPS) is 14.2. The summed E-state index contributed by atoms with van der Waals surface area (Å²) in [6.07, 6.45) is 1.03. The maximum atomic E-state index is 13.1. The van der Waals surface area contributed by atoms with E-state index in [-0.39, 0.29) is 29.1 Å². The number of nitro groups is 1. The van der Waals surface area contributed by atoms with Crippen molar-refractivity contribution in [3.8, 4) is 5.75 Å². The monoisotopic (exact) mass is 433 g/mol. The molecule has 0 spiro atoms. The molecule has 1 aliphatic heterocycles. The Kier molecular flexibility index (Phi) is 6.02. The fraction of sp³-hybridized carbons (Fsp3) is 0.250. The van der Waals surface area contributed by atoms with E-state index in [1.165, 1.54) is 25.3 Å². The van der Waals surface area contributed by atoms with Crippen LogP contribution in [-0.4, -0.2) is 41.8 Å². The fourth-order valence-electron chi connectivity index (χ4n) is 4.07. The molecule has 1 heterocycles. The topological polar surface area (TPSA) is 102 Å². The quantitative estimate of drug-likeness (QED) is 0.479. The zero-order chi connectivity index (χ0) is 22.7. The van der Waals surface area contributed by atoms with Crippen molar-refractivity contribution in [2.24, 2.45) is 5.92 Å². The standard InChI is InChI=1S/C24H23N3O5/c1-32-22-10-9-18(27(30)31)15-21(22)25-23(28)17-11-13-26(14-12-17)24(29)20-8-4-6-16-5-2-3-7-19(16)20/h2-10,15,17H,11-14H2,1H3,(H,25,28). The van der Waals surface area contributed by atoms with E-state index in [1.807, 2.05) is 42.5 Å². The van der Waals surface area contributed by atoms with Crippen molar-refractivity contribution in [2.45, 2.75) is 12.8 Å². The van der Waals surface area contributed by atoms with Crippen LogP contribution in [0.15, 0.2) is 60.7 Å². The van der Waals surface area contributed by atoms with Gasteiger partial charge in [0.05, 0.1) is 17.7 Å². The highest BCUT2D eigenvalue weighted by atomic mass is 16.6. The number of hydrogen-bond acceptors (Lipinski definition) is 5. The molecule has 32 heavy (non-hydrogen) atoms. The van der Waals surface area contributed by atoms with Crippen molar-refractivity contribution in [2.75, 3.05) is 25.5 Å². The molecule has 0 saturated carbocycles. The molecule has 3 aromatic rings. The van der Waals surface area contributed by atoms with E-state index in [9.17, 15) is 19.7 Å². The van der Waals surface area contributed by atoms with Gasteiger partial charge in [0.25, 0.3) is 11.6 Å². The Morgan fingerprint density at radius 3 is 2.50 bits per heavy atom. The van der Waals surface area contributed by atoms with Gasteiger partial charge in [-0.3, -0.25) is 19.7 Å². The predicted molar refractivity (Wildman–Crippen MR) is 121 cm³/mol. The summed E-state index contributed by atoms with van der Waals surface area (Å²) in [5, 5.41) is 15.7. The molecule has 0 aliphatic carbocycles. The zero-order valence-electron chi connectivity index (χ0n) is 17.6. The number of anilines is 1. The van der Waals surface area contributed by atoms with Gasteiger partial charge >= 0.3 is 0 Å². The maximum absolute atomic E-state index is 13.1. The molecule has 1 fully saturated rings. The van der Waals surface area contributed by atoms with Gasteiger partial charge in [0.2, 0.25) is 5.91 Å². The Hall–Kier alpha value is -3.94. The van der Waals surface area contributed by atoms with Crippen LogP contribution in [0.3, 0.4) is 0 Å². The van der Waals surface area contributed by atoms with Crippen molar-refractivity contribution < 1.29 is 19.2 Å². The first-order chi connectivity index (χ1) is 15.5. The number of rotatable bonds is 5. The van der Waals surface area contributed by atoms with E-state index in [4.69, 9.17) is 4.74 Å². The lowest BCUT2D eigenvalue weighted by Crippen LogP contribution is -2.41. The molecule has 0 atom stereocenters. The number of nitrogens with one attached hydrogen (secondary N) is 1. The highest BCUT2D eigenvalue weighted by molar-refractivity contribution is 6.07. The third-order valence-electron chi connectivity index (χ3n) is 5.82. The van der Waals surface area contributed by atoms with Crippen molar-refractivity contribution in [3.63, 3.8) is 0 Å². The molecule has 4 rings (SSSR count). The van der Waals surface area contributed by atoms with Crippen molar-refractivity contribution in [1.82, 2.24) is 4.90 Å². The first-order valence-corrected chi connectivity index (χ1v) is 10.4. The number of piperidine rings is 1. The number of benzene rings is 3. The summed E-state index contributed by atoms with van der Waals surface area (Å²) in [6, 6.07) is 17.5. The summed E-state index contributed by atoms with van der Waals surface area (Å²) in [5.74, 6) is -0.217. The number of ether oxygens (including phenoxy) is 1. The van der Waals surface area contributed by atoms with E-state index < -0.39 is 4.92 Å². The van der Waals surface area contributed by atoms with Crippen molar-refractivity contribution >= 4 is 34.0 Å². The number of carbonyl (C=O) groups is 2. The Morgan fingerprint density at radius 1 is 1.06 bits per heavy atom. The molecule has 0 unspecified atom stereocenters. The van der Waals surface area contributed by atoms with Crippen LogP contribution >= 0.6 is 0 Å². The van der Waals surface area contributed by atoms with Crippen LogP contribution in [0.2, 0.25) is 0 Å². The van der Waals surface area contributed by atoms with Gasteiger partial charge in [0.15, 0.2) is 0 Å². The minimum atomic E-state index is -0.521. The molecule has 0 bridgehead atoms. The Bertz CT molecular complexity index is 1180. The molecule has 2 amide bonds. The Morgan fingerprint density at radius 2 is 1.78 bits per heavy atom. The summed E-state index contributed by atoms with van der Waals surface area (Å²) in [4.78, 5) is 38.2. The van der Waals surface area contributed by atoms with E-state index in [1.54, 1.807) is 4.90 Å². The number of non-ortho nitro benzene ring substituents is 1. The van der Waals surface area contributed by atoms with Crippen molar-refractivity contribution in [1.29, 1.82) is 0 Å². The Labute approximate surface area is 184 Å². The lowest BCUT2D eigenvalue weighted by Gasteiger charge is -2.31. The molecule has 8 nitrogen and oxygen atoms in total. The molecular weight excluding hydrogens is 410 g/mol. The number of likely N-dealkylation sites (tertiary alicyclic amines) is 1. The number of nitrogens with zero attached hydrogens (tertiary/aromatic N) is 2. The van der Waals surface area contributed by atoms with E-state index in [0.717, 1.165) is 10.8 Å². The summed E-state index contributed by atoms with van der Waals surface area (Å²) >= 11 is 0. The molecule has 1 aliphatic rings. The number of nitro benzene ring substituents is 1.